The van der Waals surface area contributed by atoms with Crippen LogP contribution in [-0.4, -0.2) is 13.7 Å². The third-order valence-electron chi connectivity index (χ3n) is 3.91. The van der Waals surface area contributed by atoms with Crippen LogP contribution in [0.4, 0.5) is 5.69 Å². The van der Waals surface area contributed by atoms with Crippen LogP contribution in [0.2, 0.25) is 0 Å². The molecule has 0 spiro atoms. The first-order valence-electron chi connectivity index (χ1n) is 8.75. The highest BCUT2D eigenvalue weighted by molar-refractivity contribution is 14.1. The quantitative estimate of drug-likeness (QED) is 0.400. The van der Waals surface area contributed by atoms with Crippen molar-refractivity contribution in [1.82, 2.24) is 0 Å². The standard InChI is InChI=1S/C22H22INO3/c1-3-26-22-20(23)13-16(14-21(22)25-2)15-24-17-9-11-19(12-10-17)27-18-7-5-4-6-8-18/h4-14,24H,3,15H2,1-2H3. The van der Waals surface area contributed by atoms with Gasteiger partial charge in [0.15, 0.2) is 11.5 Å². The zero-order chi connectivity index (χ0) is 19.1. The SMILES string of the molecule is CCOc1c(I)cc(CNc2ccc(Oc3ccccc3)cc2)cc1OC. The molecule has 0 heterocycles. The van der Waals surface area contributed by atoms with Crippen LogP contribution in [0.3, 0.4) is 0 Å². The topological polar surface area (TPSA) is 39.7 Å². The van der Waals surface area contributed by atoms with Crippen LogP contribution in [0, 0.1) is 3.57 Å². The lowest BCUT2D eigenvalue weighted by Gasteiger charge is -2.14. The Labute approximate surface area is 173 Å². The third-order valence-corrected chi connectivity index (χ3v) is 4.71. The number of rotatable bonds is 8. The molecule has 0 fully saturated rings. The van der Waals surface area contributed by atoms with E-state index in [1.807, 2.05) is 67.6 Å². The van der Waals surface area contributed by atoms with Gasteiger partial charge in [0.2, 0.25) is 0 Å². The summed E-state index contributed by atoms with van der Waals surface area (Å²) in [6.07, 6.45) is 0. The van der Waals surface area contributed by atoms with Gasteiger partial charge in [-0.3, -0.25) is 0 Å². The molecule has 140 valence electrons. The maximum Gasteiger partial charge on any atom is 0.174 e. The van der Waals surface area contributed by atoms with Gasteiger partial charge in [0.25, 0.3) is 0 Å². The molecule has 0 atom stereocenters. The molecule has 0 unspecified atom stereocenters. The summed E-state index contributed by atoms with van der Waals surface area (Å²) in [6.45, 7) is 3.27. The molecule has 3 aromatic carbocycles. The molecule has 0 saturated carbocycles. The van der Waals surface area contributed by atoms with E-state index in [1.165, 1.54) is 0 Å². The van der Waals surface area contributed by atoms with Gasteiger partial charge in [0.05, 0.1) is 17.3 Å². The summed E-state index contributed by atoms with van der Waals surface area (Å²) >= 11 is 2.28. The van der Waals surface area contributed by atoms with Gasteiger partial charge >= 0.3 is 0 Å². The second-order valence-electron chi connectivity index (χ2n) is 5.84. The summed E-state index contributed by atoms with van der Waals surface area (Å²) in [5.74, 6) is 3.19. The lowest BCUT2D eigenvalue weighted by molar-refractivity contribution is 0.308. The Hall–Kier alpha value is -2.41. The smallest absolute Gasteiger partial charge is 0.174 e. The average Bonchev–Trinajstić information content (AvgIpc) is 2.70. The van der Waals surface area contributed by atoms with E-state index >= 15 is 0 Å². The zero-order valence-electron chi connectivity index (χ0n) is 15.4. The molecule has 0 aromatic heterocycles. The van der Waals surface area contributed by atoms with Crippen molar-refractivity contribution in [2.45, 2.75) is 13.5 Å². The van der Waals surface area contributed by atoms with E-state index in [0.29, 0.717) is 13.2 Å². The Morgan fingerprint density at radius 1 is 0.926 bits per heavy atom. The van der Waals surface area contributed by atoms with E-state index < -0.39 is 0 Å². The van der Waals surface area contributed by atoms with Crippen molar-refractivity contribution in [2.24, 2.45) is 0 Å². The van der Waals surface area contributed by atoms with Gasteiger partial charge in [-0.15, -0.1) is 0 Å². The lowest BCUT2D eigenvalue weighted by Crippen LogP contribution is -2.03. The van der Waals surface area contributed by atoms with E-state index in [0.717, 1.165) is 37.8 Å². The number of benzene rings is 3. The molecule has 0 saturated heterocycles. The fraction of sp³-hybridized carbons (Fsp3) is 0.182. The minimum Gasteiger partial charge on any atom is -0.493 e. The second kappa shape index (κ2) is 9.50. The van der Waals surface area contributed by atoms with Gasteiger partial charge in [-0.1, -0.05) is 18.2 Å². The molecule has 4 nitrogen and oxygen atoms in total. The van der Waals surface area contributed by atoms with Crippen molar-refractivity contribution in [3.63, 3.8) is 0 Å². The molecule has 0 amide bonds. The molecular formula is C22H22INO3. The highest BCUT2D eigenvalue weighted by Gasteiger charge is 2.11. The van der Waals surface area contributed by atoms with Crippen molar-refractivity contribution >= 4 is 28.3 Å². The van der Waals surface area contributed by atoms with Crippen molar-refractivity contribution < 1.29 is 14.2 Å². The predicted octanol–water partition coefficient (Wildman–Crippen LogP) is 6.10. The number of methoxy groups -OCH3 is 1. The summed E-state index contributed by atoms with van der Waals surface area (Å²) in [6, 6.07) is 21.8. The van der Waals surface area contributed by atoms with Gasteiger partial charge in [0.1, 0.15) is 11.5 Å². The Kier molecular flexibility index (Phi) is 6.81. The number of ether oxygens (including phenoxy) is 3. The van der Waals surface area contributed by atoms with E-state index in [9.17, 15) is 0 Å². The van der Waals surface area contributed by atoms with Crippen molar-refractivity contribution in [3.05, 3.63) is 75.9 Å². The summed E-state index contributed by atoms with van der Waals surface area (Å²) in [4.78, 5) is 0. The Morgan fingerprint density at radius 2 is 1.63 bits per heavy atom. The van der Waals surface area contributed by atoms with Crippen LogP contribution in [0.5, 0.6) is 23.0 Å². The van der Waals surface area contributed by atoms with Crippen LogP contribution in [0.25, 0.3) is 0 Å². The minimum atomic E-state index is 0.612. The molecule has 0 aliphatic rings. The van der Waals surface area contributed by atoms with Crippen molar-refractivity contribution in [3.8, 4) is 23.0 Å². The summed E-state index contributed by atoms with van der Waals surface area (Å²) in [5, 5.41) is 3.43. The first kappa shape index (κ1) is 19.4. The first-order chi connectivity index (χ1) is 13.2. The molecule has 1 N–H and O–H groups in total. The van der Waals surface area contributed by atoms with E-state index in [4.69, 9.17) is 14.2 Å². The fourth-order valence-corrected chi connectivity index (χ4v) is 3.45. The van der Waals surface area contributed by atoms with E-state index in [1.54, 1.807) is 7.11 Å². The first-order valence-corrected chi connectivity index (χ1v) is 9.83. The van der Waals surface area contributed by atoms with Crippen LogP contribution >= 0.6 is 22.6 Å². The van der Waals surface area contributed by atoms with E-state index in [-0.39, 0.29) is 0 Å². The van der Waals surface area contributed by atoms with Gasteiger partial charge in [-0.2, -0.15) is 0 Å². The zero-order valence-corrected chi connectivity index (χ0v) is 17.5. The molecule has 3 aromatic rings. The normalized spacial score (nSPS) is 10.3. The Morgan fingerprint density at radius 3 is 2.30 bits per heavy atom. The lowest BCUT2D eigenvalue weighted by atomic mass is 10.2. The van der Waals surface area contributed by atoms with Crippen molar-refractivity contribution in [2.75, 3.05) is 19.0 Å². The monoisotopic (exact) mass is 475 g/mol. The number of halogens is 1. The van der Waals surface area contributed by atoms with Crippen LogP contribution in [-0.2, 0) is 6.54 Å². The highest BCUT2D eigenvalue weighted by atomic mass is 127. The Bertz CT molecular complexity index is 867. The molecule has 27 heavy (non-hydrogen) atoms. The van der Waals surface area contributed by atoms with Gasteiger partial charge in [-0.05, 0) is 83.6 Å². The maximum absolute atomic E-state index is 5.82. The largest absolute Gasteiger partial charge is 0.493 e. The van der Waals surface area contributed by atoms with Gasteiger partial charge in [0, 0.05) is 12.2 Å². The van der Waals surface area contributed by atoms with Gasteiger partial charge in [-0.25, -0.2) is 0 Å². The molecule has 0 radical (unpaired) electrons. The average molecular weight is 475 g/mol. The third kappa shape index (κ3) is 5.29. The molecule has 5 heteroatoms. The molecule has 0 aliphatic heterocycles. The summed E-state index contributed by atoms with van der Waals surface area (Å²) in [5.41, 5.74) is 2.16. The molecule has 0 bridgehead atoms. The fourth-order valence-electron chi connectivity index (χ4n) is 2.63. The second-order valence-corrected chi connectivity index (χ2v) is 7.00. The van der Waals surface area contributed by atoms with E-state index in [2.05, 4.69) is 34.0 Å². The maximum atomic E-state index is 5.82. The number of para-hydroxylation sites is 1. The number of hydrogen-bond acceptors (Lipinski definition) is 4. The van der Waals surface area contributed by atoms with Crippen LogP contribution in [0.1, 0.15) is 12.5 Å². The van der Waals surface area contributed by atoms with Crippen molar-refractivity contribution in [1.29, 1.82) is 0 Å². The molecular weight excluding hydrogens is 453 g/mol. The number of anilines is 1. The number of hydrogen-bond donors (Lipinski definition) is 1. The van der Waals surface area contributed by atoms with Gasteiger partial charge < -0.3 is 19.5 Å². The summed E-state index contributed by atoms with van der Waals surface area (Å²) < 4.78 is 18.0. The van der Waals surface area contributed by atoms with Crippen LogP contribution < -0.4 is 19.5 Å². The summed E-state index contributed by atoms with van der Waals surface area (Å²) in [7, 11) is 1.66. The minimum absolute atomic E-state index is 0.612. The molecule has 3 rings (SSSR count). The van der Waals surface area contributed by atoms with Crippen LogP contribution in [0.15, 0.2) is 66.7 Å². The molecule has 0 aliphatic carbocycles. The Balaban J connectivity index is 1.64. The number of nitrogens with one attached hydrogen (secondary N) is 1. The predicted molar refractivity (Wildman–Crippen MR) is 117 cm³/mol. The highest BCUT2D eigenvalue weighted by Crippen LogP contribution is 2.34.